The molecule has 0 saturated heterocycles. The molecule has 0 saturated carbocycles. The number of sulfonamides is 1. The Balaban J connectivity index is 1.64. The van der Waals surface area contributed by atoms with E-state index in [0.29, 0.717) is 24.2 Å². The van der Waals surface area contributed by atoms with Gasteiger partial charge in [-0.3, -0.25) is 9.10 Å². The number of benzene rings is 1. The molecule has 1 amide bonds. The minimum absolute atomic E-state index is 0.0364. The summed E-state index contributed by atoms with van der Waals surface area (Å²) in [6, 6.07) is 7.68. The monoisotopic (exact) mass is 390 g/mol. The van der Waals surface area contributed by atoms with Crippen LogP contribution in [0.2, 0.25) is 0 Å². The molecule has 0 fully saturated rings. The Hall–Kier alpha value is -1.86. The van der Waals surface area contributed by atoms with Crippen molar-refractivity contribution in [3.63, 3.8) is 0 Å². The molecule has 1 aromatic carbocycles. The van der Waals surface area contributed by atoms with Gasteiger partial charge in [-0.15, -0.1) is 11.3 Å². The molecular weight excluding hydrogens is 368 g/mol. The summed E-state index contributed by atoms with van der Waals surface area (Å²) >= 11 is 1.77. The van der Waals surface area contributed by atoms with Crippen LogP contribution in [0.3, 0.4) is 0 Å². The van der Waals surface area contributed by atoms with Crippen molar-refractivity contribution in [1.82, 2.24) is 4.90 Å². The molecule has 0 radical (unpaired) electrons. The molecule has 2 aliphatic rings. The van der Waals surface area contributed by atoms with Crippen LogP contribution in [-0.4, -0.2) is 38.6 Å². The van der Waals surface area contributed by atoms with Gasteiger partial charge in [0.05, 0.1) is 18.0 Å². The van der Waals surface area contributed by atoms with Crippen molar-refractivity contribution in [3.05, 3.63) is 51.2 Å². The number of thiophene rings is 1. The first-order valence-electron chi connectivity index (χ1n) is 8.88. The molecular formula is C19H22N2O3S2. The normalized spacial score (nSPS) is 19.4. The molecule has 0 N–H and O–H groups in total. The molecule has 26 heavy (non-hydrogen) atoms. The van der Waals surface area contributed by atoms with Gasteiger partial charge in [-0.1, -0.05) is 6.92 Å². The molecule has 7 heteroatoms. The summed E-state index contributed by atoms with van der Waals surface area (Å²) in [5.41, 5.74) is 3.56. The van der Waals surface area contributed by atoms with E-state index < -0.39 is 10.0 Å². The second-order valence-electron chi connectivity index (χ2n) is 6.90. The Labute approximate surface area is 158 Å². The van der Waals surface area contributed by atoms with E-state index in [1.54, 1.807) is 23.5 Å². The van der Waals surface area contributed by atoms with E-state index in [1.807, 2.05) is 11.0 Å². The average Bonchev–Trinajstić information content (AvgIpc) is 3.25. The van der Waals surface area contributed by atoms with Crippen molar-refractivity contribution in [2.75, 3.05) is 23.7 Å². The van der Waals surface area contributed by atoms with Gasteiger partial charge in [0.2, 0.25) is 10.0 Å². The highest BCUT2D eigenvalue weighted by Crippen LogP contribution is 2.37. The number of carbonyl (C=O) groups is 1. The van der Waals surface area contributed by atoms with Crippen molar-refractivity contribution in [2.45, 2.75) is 32.2 Å². The minimum Gasteiger partial charge on any atom is -0.331 e. The van der Waals surface area contributed by atoms with E-state index in [2.05, 4.69) is 18.4 Å². The molecule has 3 heterocycles. The zero-order valence-corrected chi connectivity index (χ0v) is 16.6. The highest BCUT2D eigenvalue weighted by Gasteiger charge is 2.32. The first-order valence-corrected chi connectivity index (χ1v) is 11.6. The predicted octanol–water partition coefficient (Wildman–Crippen LogP) is 3.22. The highest BCUT2D eigenvalue weighted by atomic mass is 32.2. The summed E-state index contributed by atoms with van der Waals surface area (Å²) < 4.78 is 25.2. The molecule has 0 spiro atoms. The van der Waals surface area contributed by atoms with E-state index in [0.717, 1.165) is 24.9 Å². The largest absolute Gasteiger partial charge is 0.331 e. The maximum absolute atomic E-state index is 13.2. The number of rotatable bonds is 3. The molecule has 1 atom stereocenters. The van der Waals surface area contributed by atoms with Crippen LogP contribution in [0.4, 0.5) is 5.69 Å². The molecule has 1 unspecified atom stereocenters. The van der Waals surface area contributed by atoms with E-state index in [-0.39, 0.29) is 11.9 Å². The Morgan fingerprint density at radius 3 is 2.77 bits per heavy atom. The molecule has 2 aliphatic heterocycles. The fourth-order valence-corrected chi connectivity index (χ4v) is 5.98. The van der Waals surface area contributed by atoms with Crippen LogP contribution in [0, 0.1) is 0 Å². The Morgan fingerprint density at radius 1 is 1.23 bits per heavy atom. The van der Waals surface area contributed by atoms with Crippen LogP contribution in [0.5, 0.6) is 0 Å². The Morgan fingerprint density at radius 2 is 2.04 bits per heavy atom. The third-order valence-corrected chi connectivity index (χ3v) is 7.50. The minimum atomic E-state index is -3.27. The lowest BCUT2D eigenvalue weighted by atomic mass is 9.96. The zero-order chi connectivity index (χ0) is 18.5. The Bertz CT molecular complexity index is 965. The van der Waals surface area contributed by atoms with Crippen LogP contribution < -0.4 is 4.31 Å². The Kier molecular flexibility index (Phi) is 4.31. The summed E-state index contributed by atoms with van der Waals surface area (Å²) in [5, 5.41) is 2.11. The third-order valence-electron chi connectivity index (χ3n) is 5.32. The molecule has 138 valence electrons. The third kappa shape index (κ3) is 2.83. The molecule has 0 bridgehead atoms. The average molecular weight is 391 g/mol. The first kappa shape index (κ1) is 17.5. The SMILES string of the molecule is CCC1c2ccsc2CCN1C(=O)c1ccc2c(c1)CCN2S(C)(=O)=O. The molecule has 0 aliphatic carbocycles. The van der Waals surface area contributed by atoms with E-state index in [4.69, 9.17) is 0 Å². The van der Waals surface area contributed by atoms with Crippen molar-refractivity contribution in [3.8, 4) is 0 Å². The summed E-state index contributed by atoms with van der Waals surface area (Å²) in [5.74, 6) is 0.0364. The van der Waals surface area contributed by atoms with Gasteiger partial charge < -0.3 is 4.90 Å². The lowest BCUT2D eigenvalue weighted by Gasteiger charge is -2.35. The summed E-state index contributed by atoms with van der Waals surface area (Å²) in [6.45, 7) is 3.30. The van der Waals surface area contributed by atoms with Crippen LogP contribution in [0.15, 0.2) is 29.6 Å². The highest BCUT2D eigenvalue weighted by molar-refractivity contribution is 7.92. The van der Waals surface area contributed by atoms with Gasteiger partial charge in [-0.2, -0.15) is 0 Å². The smallest absolute Gasteiger partial charge is 0.254 e. The van der Waals surface area contributed by atoms with E-state index in [1.165, 1.54) is 21.0 Å². The van der Waals surface area contributed by atoms with E-state index >= 15 is 0 Å². The van der Waals surface area contributed by atoms with Gasteiger partial charge in [0.25, 0.3) is 5.91 Å². The maximum Gasteiger partial charge on any atom is 0.254 e. The lowest BCUT2D eigenvalue weighted by molar-refractivity contribution is 0.0657. The van der Waals surface area contributed by atoms with E-state index in [9.17, 15) is 13.2 Å². The number of nitrogens with zero attached hydrogens (tertiary/aromatic N) is 2. The number of amides is 1. The van der Waals surface area contributed by atoms with Crippen LogP contribution in [0.1, 0.15) is 45.7 Å². The number of anilines is 1. The second-order valence-corrected chi connectivity index (χ2v) is 9.81. The van der Waals surface area contributed by atoms with Gasteiger partial charge in [0, 0.05) is 23.5 Å². The van der Waals surface area contributed by atoms with Crippen molar-refractivity contribution in [2.24, 2.45) is 0 Å². The van der Waals surface area contributed by atoms with Crippen molar-refractivity contribution < 1.29 is 13.2 Å². The van der Waals surface area contributed by atoms with Gasteiger partial charge in [-0.05, 0) is 60.0 Å². The molecule has 1 aromatic heterocycles. The summed E-state index contributed by atoms with van der Waals surface area (Å²) in [7, 11) is -3.27. The standard InChI is InChI=1S/C19H22N2O3S2/c1-3-16-15-8-11-25-18(15)7-9-20(16)19(22)14-4-5-17-13(12-14)6-10-21(17)26(2,23)24/h4-5,8,11-12,16H,3,6-7,9-10H2,1-2H3. The van der Waals surface area contributed by atoms with Gasteiger partial charge in [0.1, 0.15) is 0 Å². The van der Waals surface area contributed by atoms with Crippen LogP contribution >= 0.6 is 11.3 Å². The fourth-order valence-electron chi connectivity index (χ4n) is 4.09. The quantitative estimate of drug-likeness (QED) is 0.809. The van der Waals surface area contributed by atoms with Crippen LogP contribution in [0.25, 0.3) is 0 Å². The first-order chi connectivity index (χ1) is 12.4. The topological polar surface area (TPSA) is 57.7 Å². The predicted molar refractivity (Wildman–Crippen MR) is 104 cm³/mol. The van der Waals surface area contributed by atoms with Gasteiger partial charge in [0.15, 0.2) is 0 Å². The summed E-state index contributed by atoms with van der Waals surface area (Å²) in [4.78, 5) is 16.5. The number of fused-ring (bicyclic) bond motifs is 2. The number of carbonyl (C=O) groups excluding carboxylic acids is 1. The van der Waals surface area contributed by atoms with Gasteiger partial charge in [-0.25, -0.2) is 8.42 Å². The fraction of sp³-hybridized carbons (Fsp3) is 0.421. The molecule has 4 rings (SSSR count). The zero-order valence-electron chi connectivity index (χ0n) is 14.9. The van der Waals surface area contributed by atoms with Crippen LogP contribution in [-0.2, 0) is 22.9 Å². The molecule has 2 aromatic rings. The summed E-state index contributed by atoms with van der Waals surface area (Å²) in [6.07, 6.45) is 3.67. The lowest BCUT2D eigenvalue weighted by Crippen LogP contribution is -2.39. The van der Waals surface area contributed by atoms with Crippen molar-refractivity contribution in [1.29, 1.82) is 0 Å². The second kappa shape index (κ2) is 6.39. The number of hydrogen-bond acceptors (Lipinski definition) is 4. The molecule has 5 nitrogen and oxygen atoms in total. The maximum atomic E-state index is 13.2. The van der Waals surface area contributed by atoms with Crippen molar-refractivity contribution >= 4 is 33.0 Å². The number of hydrogen-bond donors (Lipinski definition) is 0. The van der Waals surface area contributed by atoms with Gasteiger partial charge >= 0.3 is 0 Å².